The van der Waals surface area contributed by atoms with Crippen LogP contribution in [0.4, 0.5) is 8.78 Å². The Morgan fingerprint density at radius 1 is 1.44 bits per heavy atom. The van der Waals surface area contributed by atoms with Crippen molar-refractivity contribution in [3.8, 4) is 5.75 Å². The van der Waals surface area contributed by atoms with Crippen molar-refractivity contribution in [3.05, 3.63) is 28.8 Å². The van der Waals surface area contributed by atoms with E-state index in [1.165, 1.54) is 25.3 Å². The zero-order chi connectivity index (χ0) is 13.6. The van der Waals surface area contributed by atoms with Crippen molar-refractivity contribution >= 4 is 17.6 Å². The summed E-state index contributed by atoms with van der Waals surface area (Å²) >= 11 is 5.89. The quantitative estimate of drug-likeness (QED) is 0.923. The fourth-order valence-electron chi connectivity index (χ4n) is 2.27. The number of rotatable bonds is 3. The lowest BCUT2D eigenvalue weighted by molar-refractivity contribution is -0.174. The first kappa shape index (κ1) is 13.1. The van der Waals surface area contributed by atoms with E-state index in [0.29, 0.717) is 5.75 Å². The molecule has 0 spiro atoms. The smallest absolute Gasteiger partial charge is 0.314 e. The molecule has 1 aliphatic carbocycles. The SMILES string of the molecule is COc1ccc(C2(C(=O)O)CC(F)(F)C2)cc1Cl. The highest BCUT2D eigenvalue weighted by Crippen LogP contribution is 2.54. The molecular formula is C12H11ClF2O3. The van der Waals surface area contributed by atoms with Crippen LogP contribution in [-0.4, -0.2) is 24.1 Å². The number of hydrogen-bond donors (Lipinski definition) is 1. The van der Waals surface area contributed by atoms with Crippen molar-refractivity contribution in [1.29, 1.82) is 0 Å². The Bertz CT molecular complexity index is 494. The van der Waals surface area contributed by atoms with E-state index in [0.717, 1.165) is 0 Å². The molecule has 0 saturated heterocycles. The third-order valence-corrected chi connectivity index (χ3v) is 3.53. The van der Waals surface area contributed by atoms with Crippen LogP contribution in [0.3, 0.4) is 0 Å². The molecule has 18 heavy (non-hydrogen) atoms. The van der Waals surface area contributed by atoms with Gasteiger partial charge >= 0.3 is 5.97 Å². The molecule has 98 valence electrons. The highest BCUT2D eigenvalue weighted by molar-refractivity contribution is 6.32. The zero-order valence-corrected chi connectivity index (χ0v) is 10.3. The van der Waals surface area contributed by atoms with Gasteiger partial charge in [0.15, 0.2) is 0 Å². The number of carbonyl (C=O) groups is 1. The van der Waals surface area contributed by atoms with Gasteiger partial charge in [-0.3, -0.25) is 4.79 Å². The van der Waals surface area contributed by atoms with Crippen LogP contribution in [0.15, 0.2) is 18.2 Å². The molecule has 0 bridgehead atoms. The van der Waals surface area contributed by atoms with Crippen LogP contribution in [0.2, 0.25) is 5.02 Å². The van der Waals surface area contributed by atoms with Gasteiger partial charge in [-0.1, -0.05) is 17.7 Å². The summed E-state index contributed by atoms with van der Waals surface area (Å²) in [5.74, 6) is -3.80. The average Bonchev–Trinajstić information content (AvgIpc) is 2.24. The van der Waals surface area contributed by atoms with Crippen molar-refractivity contribution in [3.63, 3.8) is 0 Å². The van der Waals surface area contributed by atoms with Crippen molar-refractivity contribution in [1.82, 2.24) is 0 Å². The lowest BCUT2D eigenvalue weighted by Crippen LogP contribution is -2.54. The molecule has 0 aromatic heterocycles. The second-order valence-corrected chi connectivity index (χ2v) is 4.85. The Morgan fingerprint density at radius 2 is 2.06 bits per heavy atom. The maximum absolute atomic E-state index is 13.0. The molecular weight excluding hydrogens is 266 g/mol. The van der Waals surface area contributed by atoms with Crippen molar-refractivity contribution in [2.45, 2.75) is 24.2 Å². The molecule has 0 aliphatic heterocycles. The Kier molecular flexibility index (Phi) is 2.97. The van der Waals surface area contributed by atoms with Crippen molar-refractivity contribution in [2.75, 3.05) is 7.11 Å². The minimum absolute atomic E-state index is 0.214. The van der Waals surface area contributed by atoms with E-state index in [1.54, 1.807) is 0 Å². The molecule has 1 aromatic carbocycles. The monoisotopic (exact) mass is 276 g/mol. The summed E-state index contributed by atoms with van der Waals surface area (Å²) in [6, 6.07) is 4.33. The van der Waals surface area contributed by atoms with Crippen molar-refractivity contribution < 1.29 is 23.4 Å². The Hall–Kier alpha value is -1.36. The standard InChI is InChI=1S/C12H11ClF2O3/c1-18-9-3-2-7(4-8(9)13)11(10(16)17)5-12(14,15)6-11/h2-4H,5-6H2,1H3,(H,16,17). The fourth-order valence-corrected chi connectivity index (χ4v) is 2.53. The van der Waals surface area contributed by atoms with Crippen molar-refractivity contribution in [2.24, 2.45) is 0 Å². The maximum atomic E-state index is 13.0. The van der Waals surface area contributed by atoms with Crippen LogP contribution >= 0.6 is 11.6 Å². The predicted molar refractivity (Wildman–Crippen MR) is 61.5 cm³/mol. The molecule has 0 unspecified atom stereocenters. The van der Waals surface area contributed by atoms with Crippen LogP contribution in [0.5, 0.6) is 5.75 Å². The largest absolute Gasteiger partial charge is 0.495 e. The molecule has 6 heteroatoms. The first-order valence-corrected chi connectivity index (χ1v) is 5.64. The molecule has 1 N–H and O–H groups in total. The van der Waals surface area contributed by atoms with Gasteiger partial charge in [0.25, 0.3) is 5.92 Å². The zero-order valence-electron chi connectivity index (χ0n) is 9.54. The summed E-state index contributed by atoms with van der Waals surface area (Å²) in [5, 5.41) is 9.39. The molecule has 0 atom stereocenters. The highest BCUT2D eigenvalue weighted by Gasteiger charge is 2.62. The maximum Gasteiger partial charge on any atom is 0.314 e. The topological polar surface area (TPSA) is 46.5 Å². The second kappa shape index (κ2) is 4.09. The van der Waals surface area contributed by atoms with E-state index < -0.39 is 30.1 Å². The van der Waals surface area contributed by atoms with E-state index >= 15 is 0 Å². The molecule has 2 rings (SSSR count). The third-order valence-electron chi connectivity index (χ3n) is 3.23. The van der Waals surface area contributed by atoms with Gasteiger partial charge in [-0.15, -0.1) is 0 Å². The van der Waals surface area contributed by atoms with Crippen LogP contribution in [0, 0.1) is 0 Å². The Morgan fingerprint density at radius 3 is 2.44 bits per heavy atom. The first-order chi connectivity index (χ1) is 8.31. The number of carboxylic acids is 1. The van der Waals surface area contributed by atoms with Gasteiger partial charge in [0, 0.05) is 12.8 Å². The number of carboxylic acid groups (broad SMARTS) is 1. The van der Waals surface area contributed by atoms with Crippen LogP contribution < -0.4 is 4.74 Å². The minimum Gasteiger partial charge on any atom is -0.495 e. The van der Waals surface area contributed by atoms with E-state index in [2.05, 4.69) is 0 Å². The summed E-state index contributed by atoms with van der Waals surface area (Å²) in [6.45, 7) is 0. The lowest BCUT2D eigenvalue weighted by atomic mass is 9.62. The van der Waals surface area contributed by atoms with Gasteiger partial charge in [-0.2, -0.15) is 0 Å². The molecule has 0 amide bonds. The fraction of sp³-hybridized carbons (Fsp3) is 0.417. The van der Waals surface area contributed by atoms with E-state index in [-0.39, 0.29) is 10.6 Å². The van der Waals surface area contributed by atoms with Crippen LogP contribution in [0.25, 0.3) is 0 Å². The summed E-state index contributed by atoms with van der Waals surface area (Å²) in [7, 11) is 1.42. The van der Waals surface area contributed by atoms with Crippen LogP contribution in [0.1, 0.15) is 18.4 Å². The molecule has 3 nitrogen and oxygen atoms in total. The molecule has 1 aliphatic rings. The number of aliphatic carboxylic acids is 1. The Labute approximate surface area is 107 Å². The summed E-state index contributed by atoms with van der Waals surface area (Å²) < 4.78 is 30.9. The number of ether oxygens (including phenoxy) is 1. The lowest BCUT2D eigenvalue weighted by Gasteiger charge is -2.44. The van der Waals surface area contributed by atoms with Gasteiger partial charge in [0.05, 0.1) is 12.1 Å². The number of benzene rings is 1. The van der Waals surface area contributed by atoms with Gasteiger partial charge < -0.3 is 9.84 Å². The molecule has 0 radical (unpaired) electrons. The molecule has 1 saturated carbocycles. The number of methoxy groups -OCH3 is 1. The van der Waals surface area contributed by atoms with Gasteiger partial charge in [-0.25, -0.2) is 8.78 Å². The minimum atomic E-state index is -2.93. The van der Waals surface area contributed by atoms with Gasteiger partial charge in [-0.05, 0) is 17.7 Å². The normalized spacial score (nSPS) is 20.0. The van der Waals surface area contributed by atoms with Gasteiger partial charge in [0.2, 0.25) is 0 Å². The molecule has 1 fully saturated rings. The summed E-state index contributed by atoms with van der Waals surface area (Å²) in [4.78, 5) is 11.2. The first-order valence-electron chi connectivity index (χ1n) is 5.26. The summed E-state index contributed by atoms with van der Waals surface area (Å²) in [6.07, 6.45) is -1.39. The molecule has 1 aromatic rings. The predicted octanol–water partition coefficient (Wildman–Crippen LogP) is 3.10. The number of alkyl halides is 2. The van der Waals surface area contributed by atoms with Crippen LogP contribution in [-0.2, 0) is 10.2 Å². The highest BCUT2D eigenvalue weighted by atomic mass is 35.5. The van der Waals surface area contributed by atoms with E-state index in [1.807, 2.05) is 0 Å². The summed E-state index contributed by atoms with van der Waals surface area (Å²) in [5.41, 5.74) is -1.26. The Balaban J connectivity index is 2.40. The van der Waals surface area contributed by atoms with E-state index in [9.17, 15) is 18.7 Å². The van der Waals surface area contributed by atoms with E-state index in [4.69, 9.17) is 16.3 Å². The van der Waals surface area contributed by atoms with Gasteiger partial charge in [0.1, 0.15) is 11.2 Å². The third kappa shape index (κ3) is 1.92. The second-order valence-electron chi connectivity index (χ2n) is 4.45. The number of halogens is 3. The molecule has 0 heterocycles. The number of hydrogen-bond acceptors (Lipinski definition) is 2. The average molecular weight is 277 g/mol.